The molecule has 0 atom stereocenters. The second-order valence-electron chi connectivity index (χ2n) is 5.27. The summed E-state index contributed by atoms with van der Waals surface area (Å²) in [6.45, 7) is 0.377. The Balaban J connectivity index is 1.80. The zero-order valence-electron chi connectivity index (χ0n) is 13.1. The third-order valence-corrected chi connectivity index (χ3v) is 4.71. The zero-order chi connectivity index (χ0) is 17.8. The second-order valence-corrected chi connectivity index (χ2v) is 6.72. The van der Waals surface area contributed by atoms with E-state index in [4.69, 9.17) is 17.3 Å². The highest BCUT2D eigenvalue weighted by atomic mass is 35.5. The highest BCUT2D eigenvalue weighted by Crippen LogP contribution is 2.27. The Hall–Kier alpha value is -2.51. The number of fused-ring (bicyclic) bond motifs is 1. The van der Waals surface area contributed by atoms with Crippen molar-refractivity contribution >= 4 is 40.6 Å². The summed E-state index contributed by atoms with van der Waals surface area (Å²) >= 11 is 7.27. The van der Waals surface area contributed by atoms with Gasteiger partial charge >= 0.3 is 0 Å². The zero-order valence-corrected chi connectivity index (χ0v) is 14.7. The highest BCUT2D eigenvalue weighted by molar-refractivity contribution is 8.00. The van der Waals surface area contributed by atoms with Crippen LogP contribution in [0.2, 0.25) is 5.02 Å². The summed E-state index contributed by atoms with van der Waals surface area (Å²) in [6, 6.07) is 12.4. The Kier molecular flexibility index (Phi) is 5.25. The van der Waals surface area contributed by atoms with E-state index in [0.717, 1.165) is 10.6 Å². The topological polar surface area (TPSA) is 89.5 Å². The largest absolute Gasteiger partial charge is 0.378 e. The van der Waals surface area contributed by atoms with E-state index in [9.17, 15) is 9.59 Å². The van der Waals surface area contributed by atoms with Gasteiger partial charge in [-0.05, 0) is 24.3 Å². The number of pyridine rings is 1. The van der Waals surface area contributed by atoms with Gasteiger partial charge in [0.05, 0.1) is 23.0 Å². The number of hydrogen-bond acceptors (Lipinski definition) is 5. The fourth-order valence-corrected chi connectivity index (χ4v) is 3.22. The third-order valence-electron chi connectivity index (χ3n) is 3.39. The van der Waals surface area contributed by atoms with E-state index >= 15 is 0 Å². The number of aromatic nitrogens is 2. The van der Waals surface area contributed by atoms with Crippen LogP contribution in [0.5, 0.6) is 0 Å². The van der Waals surface area contributed by atoms with E-state index in [1.807, 2.05) is 24.3 Å². The van der Waals surface area contributed by atoms with Crippen LogP contribution in [-0.4, -0.2) is 21.0 Å². The lowest BCUT2D eigenvalue weighted by molar-refractivity contribution is -0.115. The number of amides is 1. The Labute approximate surface area is 153 Å². The molecule has 2 heterocycles. The van der Waals surface area contributed by atoms with Gasteiger partial charge in [-0.2, -0.15) is 0 Å². The van der Waals surface area contributed by atoms with Crippen LogP contribution in [0.25, 0.3) is 5.65 Å². The van der Waals surface area contributed by atoms with E-state index in [1.165, 1.54) is 22.2 Å². The first-order valence-electron chi connectivity index (χ1n) is 7.45. The Morgan fingerprint density at radius 1 is 1.28 bits per heavy atom. The molecule has 1 amide bonds. The summed E-state index contributed by atoms with van der Waals surface area (Å²) in [5.41, 5.74) is 7.00. The predicted octanol–water partition coefficient (Wildman–Crippen LogP) is 2.54. The normalized spacial score (nSPS) is 10.8. The van der Waals surface area contributed by atoms with Gasteiger partial charge in [0, 0.05) is 22.8 Å². The van der Waals surface area contributed by atoms with Gasteiger partial charge in [0.15, 0.2) is 0 Å². The maximum atomic E-state index is 12.2. The number of halogens is 1. The molecule has 0 spiro atoms. The SMILES string of the molecule is NC(=O)CSc1ccccc1NCc1cc(=O)n2cc(Cl)ccc2n1. The van der Waals surface area contributed by atoms with Crippen LogP contribution in [0, 0.1) is 0 Å². The molecule has 128 valence electrons. The maximum Gasteiger partial charge on any atom is 0.258 e. The molecule has 3 aromatic rings. The first-order valence-corrected chi connectivity index (χ1v) is 8.81. The number of nitrogens with two attached hydrogens (primary N) is 1. The predicted molar refractivity (Wildman–Crippen MR) is 100 cm³/mol. The molecular weight excluding hydrogens is 360 g/mol. The van der Waals surface area contributed by atoms with Crippen molar-refractivity contribution in [3.05, 3.63) is 69.7 Å². The van der Waals surface area contributed by atoms with Crippen LogP contribution in [-0.2, 0) is 11.3 Å². The number of rotatable bonds is 6. The quantitative estimate of drug-likeness (QED) is 0.647. The van der Waals surface area contributed by atoms with E-state index in [1.54, 1.807) is 18.3 Å². The van der Waals surface area contributed by atoms with Gasteiger partial charge in [-0.15, -0.1) is 11.8 Å². The molecule has 0 aliphatic rings. The van der Waals surface area contributed by atoms with Crippen molar-refractivity contribution in [3.63, 3.8) is 0 Å². The first-order chi connectivity index (χ1) is 12.0. The molecule has 0 fully saturated rings. The molecule has 1 aromatic carbocycles. The molecule has 0 saturated heterocycles. The smallest absolute Gasteiger partial charge is 0.258 e. The van der Waals surface area contributed by atoms with Gasteiger partial charge < -0.3 is 11.1 Å². The number of nitrogens with zero attached hydrogens (tertiary/aromatic N) is 2. The minimum Gasteiger partial charge on any atom is -0.378 e. The Bertz CT molecular complexity index is 990. The molecule has 0 unspecified atom stereocenters. The number of thioether (sulfide) groups is 1. The van der Waals surface area contributed by atoms with Crippen molar-refractivity contribution in [2.75, 3.05) is 11.1 Å². The lowest BCUT2D eigenvalue weighted by Crippen LogP contribution is -2.17. The number of para-hydroxylation sites is 1. The van der Waals surface area contributed by atoms with Crippen LogP contribution in [0.1, 0.15) is 5.69 Å². The number of nitrogens with one attached hydrogen (secondary N) is 1. The lowest BCUT2D eigenvalue weighted by atomic mass is 10.3. The monoisotopic (exact) mass is 374 g/mol. The van der Waals surface area contributed by atoms with Crippen LogP contribution < -0.4 is 16.6 Å². The van der Waals surface area contributed by atoms with Crippen LogP contribution >= 0.6 is 23.4 Å². The number of carbonyl (C=O) groups excluding carboxylic acids is 1. The molecule has 8 heteroatoms. The Morgan fingerprint density at radius 3 is 2.88 bits per heavy atom. The summed E-state index contributed by atoms with van der Waals surface area (Å²) < 4.78 is 1.41. The number of anilines is 1. The van der Waals surface area contributed by atoms with Crippen molar-refractivity contribution in [1.82, 2.24) is 9.38 Å². The van der Waals surface area contributed by atoms with Crippen LogP contribution in [0.15, 0.2) is 58.4 Å². The summed E-state index contributed by atoms with van der Waals surface area (Å²) in [5, 5.41) is 3.72. The maximum absolute atomic E-state index is 12.2. The molecular formula is C17H15ClN4O2S. The highest BCUT2D eigenvalue weighted by Gasteiger charge is 2.07. The average Bonchev–Trinajstić information content (AvgIpc) is 2.59. The molecule has 3 N–H and O–H groups in total. The molecule has 0 saturated carbocycles. The minimum absolute atomic E-state index is 0.194. The Morgan fingerprint density at radius 2 is 2.08 bits per heavy atom. The summed E-state index contributed by atoms with van der Waals surface area (Å²) in [5.74, 6) is -0.169. The van der Waals surface area contributed by atoms with Crippen molar-refractivity contribution in [3.8, 4) is 0 Å². The molecule has 25 heavy (non-hydrogen) atoms. The third kappa shape index (κ3) is 4.32. The summed E-state index contributed by atoms with van der Waals surface area (Å²) in [7, 11) is 0. The van der Waals surface area contributed by atoms with E-state index in [-0.39, 0.29) is 17.2 Å². The fraction of sp³-hybridized carbons (Fsp3) is 0.118. The lowest BCUT2D eigenvalue weighted by Gasteiger charge is -2.11. The van der Waals surface area contributed by atoms with Gasteiger partial charge in [-0.3, -0.25) is 14.0 Å². The minimum atomic E-state index is -0.373. The van der Waals surface area contributed by atoms with E-state index in [2.05, 4.69) is 10.3 Å². The first kappa shape index (κ1) is 17.3. The van der Waals surface area contributed by atoms with Crippen molar-refractivity contribution in [2.45, 2.75) is 11.4 Å². The molecule has 2 aromatic heterocycles. The number of benzene rings is 1. The van der Waals surface area contributed by atoms with Gasteiger partial charge in [-0.1, -0.05) is 23.7 Å². The molecule has 0 aliphatic heterocycles. The van der Waals surface area contributed by atoms with Gasteiger partial charge in [0.2, 0.25) is 5.91 Å². The number of carbonyl (C=O) groups is 1. The second kappa shape index (κ2) is 7.58. The van der Waals surface area contributed by atoms with Crippen LogP contribution in [0.4, 0.5) is 5.69 Å². The number of primary amides is 1. The molecule has 0 bridgehead atoms. The standard InChI is InChI=1S/C17H15ClN4O2S/c18-11-5-6-16-21-12(7-17(24)22(16)9-11)8-20-13-3-1-2-4-14(13)25-10-15(19)23/h1-7,9,20H,8,10H2,(H2,19,23). The summed E-state index contributed by atoms with van der Waals surface area (Å²) in [6.07, 6.45) is 1.54. The average molecular weight is 375 g/mol. The van der Waals surface area contributed by atoms with Crippen LogP contribution in [0.3, 0.4) is 0 Å². The van der Waals surface area contributed by atoms with Crippen molar-refractivity contribution in [2.24, 2.45) is 5.73 Å². The molecule has 3 rings (SSSR count). The van der Waals surface area contributed by atoms with Gasteiger partial charge in [-0.25, -0.2) is 4.98 Å². The van der Waals surface area contributed by atoms with Crippen molar-refractivity contribution < 1.29 is 4.79 Å². The summed E-state index contributed by atoms with van der Waals surface area (Å²) in [4.78, 5) is 28.5. The molecule has 6 nitrogen and oxygen atoms in total. The molecule has 0 radical (unpaired) electrons. The van der Waals surface area contributed by atoms with Crippen molar-refractivity contribution in [1.29, 1.82) is 0 Å². The van der Waals surface area contributed by atoms with E-state index < -0.39 is 0 Å². The van der Waals surface area contributed by atoms with Gasteiger partial charge in [0.1, 0.15) is 5.65 Å². The molecule has 0 aliphatic carbocycles. The fourth-order valence-electron chi connectivity index (χ4n) is 2.29. The number of hydrogen-bond donors (Lipinski definition) is 2. The van der Waals surface area contributed by atoms with Gasteiger partial charge in [0.25, 0.3) is 5.56 Å². The van der Waals surface area contributed by atoms with E-state index in [0.29, 0.717) is 22.9 Å².